The van der Waals surface area contributed by atoms with Gasteiger partial charge in [0, 0.05) is 13.0 Å². The van der Waals surface area contributed by atoms with Gasteiger partial charge in [0.15, 0.2) is 0 Å². The summed E-state index contributed by atoms with van der Waals surface area (Å²) >= 11 is 0. The Kier molecular flexibility index (Phi) is 44.9. The molecular weight excluding hydrogens is 806 g/mol. The van der Waals surface area contributed by atoms with Crippen molar-refractivity contribution in [2.45, 2.75) is 213 Å². The molecular formula is C54H98NO7P. The van der Waals surface area contributed by atoms with Crippen molar-refractivity contribution in [3.63, 3.8) is 0 Å². The SMILES string of the molecule is CC/C=C\C/C=C\C/C=C\CCCCCCCCCCOCC(COP(=O)([O-])OCC[N+](C)(C)C)OC(=O)CCCCCCCCCC/C=C\C/C=C\C/C=C\CCCCCCC. The van der Waals surface area contributed by atoms with Gasteiger partial charge in [0.2, 0.25) is 0 Å². The van der Waals surface area contributed by atoms with Crippen molar-refractivity contribution in [3.8, 4) is 0 Å². The Labute approximate surface area is 389 Å². The first-order valence-corrected chi connectivity index (χ1v) is 27.1. The van der Waals surface area contributed by atoms with Crippen LogP contribution in [-0.4, -0.2) is 70.7 Å². The minimum absolute atomic E-state index is 0.0196. The summed E-state index contributed by atoms with van der Waals surface area (Å²) in [6.07, 6.45) is 60.6. The normalized spacial score (nSPS) is 14.2. The van der Waals surface area contributed by atoms with Crippen molar-refractivity contribution in [3.05, 3.63) is 72.9 Å². The Morgan fingerprint density at radius 2 is 0.921 bits per heavy atom. The van der Waals surface area contributed by atoms with E-state index in [2.05, 4.69) is 86.8 Å². The van der Waals surface area contributed by atoms with Gasteiger partial charge in [0.1, 0.15) is 19.3 Å². The number of quaternary nitrogens is 1. The first-order chi connectivity index (χ1) is 30.6. The van der Waals surface area contributed by atoms with Crippen LogP contribution in [0.2, 0.25) is 0 Å². The van der Waals surface area contributed by atoms with Crippen LogP contribution >= 0.6 is 7.82 Å². The zero-order valence-electron chi connectivity index (χ0n) is 41.5. The molecule has 0 N–H and O–H groups in total. The molecule has 0 spiro atoms. The minimum Gasteiger partial charge on any atom is -0.756 e. The van der Waals surface area contributed by atoms with Crippen LogP contribution in [-0.2, 0) is 27.9 Å². The third kappa shape index (κ3) is 50.8. The quantitative estimate of drug-likeness (QED) is 0.0197. The van der Waals surface area contributed by atoms with E-state index in [1.165, 1.54) is 109 Å². The Morgan fingerprint density at radius 3 is 1.38 bits per heavy atom. The maximum absolute atomic E-state index is 12.8. The average molecular weight is 904 g/mol. The highest BCUT2D eigenvalue weighted by molar-refractivity contribution is 7.45. The van der Waals surface area contributed by atoms with E-state index in [9.17, 15) is 14.3 Å². The lowest BCUT2D eigenvalue weighted by atomic mass is 10.1. The second kappa shape index (κ2) is 46.5. The number of nitrogens with zero attached hydrogens (tertiary/aromatic N) is 1. The molecule has 0 bridgehead atoms. The molecule has 0 aromatic heterocycles. The molecule has 0 heterocycles. The highest BCUT2D eigenvalue weighted by atomic mass is 31.2. The summed E-state index contributed by atoms with van der Waals surface area (Å²) in [5.41, 5.74) is 0. The van der Waals surface area contributed by atoms with Gasteiger partial charge in [-0.2, -0.15) is 0 Å². The summed E-state index contributed by atoms with van der Waals surface area (Å²) in [6.45, 7) is 5.27. The van der Waals surface area contributed by atoms with E-state index < -0.39 is 13.9 Å². The monoisotopic (exact) mass is 904 g/mol. The zero-order chi connectivity index (χ0) is 46.2. The van der Waals surface area contributed by atoms with Gasteiger partial charge in [-0.25, -0.2) is 0 Å². The van der Waals surface area contributed by atoms with Crippen molar-refractivity contribution in [2.24, 2.45) is 0 Å². The molecule has 0 aromatic carbocycles. The lowest BCUT2D eigenvalue weighted by molar-refractivity contribution is -0.870. The number of carbonyl (C=O) groups excluding carboxylic acids is 1. The molecule has 0 aliphatic carbocycles. The number of allylic oxidation sites excluding steroid dienone is 12. The van der Waals surface area contributed by atoms with Crippen LogP contribution in [0.25, 0.3) is 0 Å². The van der Waals surface area contributed by atoms with E-state index >= 15 is 0 Å². The van der Waals surface area contributed by atoms with Gasteiger partial charge in [0.05, 0.1) is 34.4 Å². The average Bonchev–Trinajstić information content (AvgIpc) is 3.24. The summed E-state index contributed by atoms with van der Waals surface area (Å²) in [6, 6.07) is 0. The number of esters is 1. The van der Waals surface area contributed by atoms with E-state index in [1.807, 2.05) is 21.1 Å². The van der Waals surface area contributed by atoms with Crippen LogP contribution in [0.3, 0.4) is 0 Å². The van der Waals surface area contributed by atoms with Crippen molar-refractivity contribution >= 4 is 13.8 Å². The molecule has 0 rings (SSSR count). The predicted octanol–water partition coefficient (Wildman–Crippen LogP) is 15.2. The second-order valence-electron chi connectivity index (χ2n) is 18.1. The molecule has 366 valence electrons. The van der Waals surface area contributed by atoms with E-state index in [0.717, 1.165) is 77.0 Å². The molecule has 8 nitrogen and oxygen atoms in total. The molecule has 2 unspecified atom stereocenters. The second-order valence-corrected chi connectivity index (χ2v) is 19.6. The van der Waals surface area contributed by atoms with E-state index in [-0.39, 0.29) is 25.8 Å². The van der Waals surface area contributed by atoms with Crippen molar-refractivity contribution in [1.29, 1.82) is 0 Å². The number of rotatable bonds is 47. The molecule has 0 fully saturated rings. The fourth-order valence-electron chi connectivity index (χ4n) is 6.80. The molecule has 9 heteroatoms. The lowest BCUT2D eigenvalue weighted by Gasteiger charge is -2.28. The maximum atomic E-state index is 12.8. The molecule has 2 atom stereocenters. The van der Waals surface area contributed by atoms with Crippen molar-refractivity contribution < 1.29 is 37.3 Å². The Hall–Kier alpha value is -2.06. The number of hydrogen-bond acceptors (Lipinski definition) is 7. The summed E-state index contributed by atoms with van der Waals surface area (Å²) < 4.78 is 34.7. The molecule has 0 aliphatic rings. The maximum Gasteiger partial charge on any atom is 0.306 e. The van der Waals surface area contributed by atoms with Gasteiger partial charge in [-0.05, 0) is 83.5 Å². The van der Waals surface area contributed by atoms with Gasteiger partial charge in [-0.3, -0.25) is 9.36 Å². The predicted molar refractivity (Wildman–Crippen MR) is 268 cm³/mol. The van der Waals surface area contributed by atoms with Gasteiger partial charge in [-0.1, -0.05) is 189 Å². The summed E-state index contributed by atoms with van der Waals surface area (Å²) in [5, 5.41) is 0. The molecule has 0 aromatic rings. The smallest absolute Gasteiger partial charge is 0.306 e. The van der Waals surface area contributed by atoms with Crippen LogP contribution in [0.15, 0.2) is 72.9 Å². The molecule has 0 saturated carbocycles. The Morgan fingerprint density at radius 1 is 0.508 bits per heavy atom. The highest BCUT2D eigenvalue weighted by Crippen LogP contribution is 2.38. The van der Waals surface area contributed by atoms with Crippen LogP contribution in [0, 0.1) is 0 Å². The van der Waals surface area contributed by atoms with Crippen molar-refractivity contribution in [1.82, 2.24) is 0 Å². The number of phosphoric acid groups is 1. The molecule has 0 amide bonds. The molecule has 0 aliphatic heterocycles. The zero-order valence-corrected chi connectivity index (χ0v) is 42.4. The first-order valence-electron chi connectivity index (χ1n) is 25.7. The third-order valence-corrected chi connectivity index (χ3v) is 11.7. The number of likely N-dealkylation sites (N-methyl/N-ethyl adjacent to an activating group) is 1. The molecule has 0 saturated heterocycles. The van der Waals surface area contributed by atoms with Crippen LogP contribution < -0.4 is 4.89 Å². The Balaban J connectivity index is 4.18. The standard InChI is InChI=1S/C54H98NO7P/c1-6-8-10-12-14-16-18-20-22-24-26-27-28-29-30-31-33-35-37-39-41-43-45-47-54(56)62-53(52-61-63(57,58)60-50-48-55(3,4)5)51-59-49-46-44-42-40-38-36-34-32-25-23-21-19-17-15-13-11-9-7-2/h9,11,15,17-18,20-21,23-24,26,28-29,53H,6-8,10,12-14,16,19,22,25,27,30-52H2,1-5H3/b11-9-,17-15-,20-18-,23-21-,26-24-,29-28-. The van der Waals surface area contributed by atoms with Gasteiger partial charge in [-0.15, -0.1) is 0 Å². The van der Waals surface area contributed by atoms with Gasteiger partial charge >= 0.3 is 5.97 Å². The minimum atomic E-state index is -4.54. The van der Waals surface area contributed by atoms with E-state index in [0.29, 0.717) is 24.1 Å². The summed E-state index contributed by atoms with van der Waals surface area (Å²) in [5.74, 6) is -0.345. The fourth-order valence-corrected chi connectivity index (χ4v) is 7.53. The Bertz CT molecular complexity index is 1230. The number of hydrogen-bond donors (Lipinski definition) is 0. The van der Waals surface area contributed by atoms with Gasteiger partial charge < -0.3 is 27.9 Å². The lowest BCUT2D eigenvalue weighted by Crippen LogP contribution is -2.37. The number of ether oxygens (including phenoxy) is 2. The largest absolute Gasteiger partial charge is 0.756 e. The molecule has 0 radical (unpaired) electrons. The fraction of sp³-hybridized carbons (Fsp3) is 0.759. The van der Waals surface area contributed by atoms with E-state index in [1.54, 1.807) is 0 Å². The third-order valence-electron chi connectivity index (χ3n) is 10.7. The first kappa shape index (κ1) is 60.9. The van der Waals surface area contributed by atoms with Crippen LogP contribution in [0.1, 0.15) is 206 Å². The topological polar surface area (TPSA) is 94.1 Å². The van der Waals surface area contributed by atoms with Gasteiger partial charge in [0.25, 0.3) is 7.82 Å². The number of carbonyl (C=O) groups is 1. The van der Waals surface area contributed by atoms with Crippen LogP contribution in [0.4, 0.5) is 0 Å². The highest BCUT2D eigenvalue weighted by Gasteiger charge is 2.20. The van der Waals surface area contributed by atoms with Crippen LogP contribution in [0.5, 0.6) is 0 Å². The number of phosphoric ester groups is 1. The summed E-state index contributed by atoms with van der Waals surface area (Å²) in [4.78, 5) is 25.2. The molecule has 63 heavy (non-hydrogen) atoms. The van der Waals surface area contributed by atoms with E-state index in [4.69, 9.17) is 18.5 Å². The number of unbranched alkanes of at least 4 members (excludes halogenated alkanes) is 21. The van der Waals surface area contributed by atoms with Crippen molar-refractivity contribution in [2.75, 3.05) is 54.1 Å². The summed E-state index contributed by atoms with van der Waals surface area (Å²) in [7, 11) is 1.34.